The zero-order valence-corrected chi connectivity index (χ0v) is 20.0. The molecule has 3 N–H and O–H groups in total. The van der Waals surface area contributed by atoms with Crippen LogP contribution in [-0.4, -0.2) is 58.4 Å². The third-order valence-electron chi connectivity index (χ3n) is 6.27. The SMILES string of the molecule is O=C(O)N[C@@H](Cc1ccccc1)[C@H](O)CC(OC1CCCC1)S(=O)(=O)c1ccc2nccnc2c1. The summed E-state index contributed by atoms with van der Waals surface area (Å²) in [5.74, 6) is 0. The summed E-state index contributed by atoms with van der Waals surface area (Å²) in [5.41, 5.74) is 0.467. The molecule has 1 aromatic heterocycles. The standard InChI is InChI=1S/C25H29N3O6S/c29-23(22(28-25(30)31)14-17-6-2-1-3-7-17)16-24(34-18-8-4-5-9-18)35(32,33)19-10-11-20-21(15-19)27-13-12-26-20/h1-3,6-7,10-13,15,18,22-24,28-29H,4-5,8-9,14,16H2,(H,30,31)/t22-,23+,24?/m0/s1. The van der Waals surface area contributed by atoms with Gasteiger partial charge in [-0.05, 0) is 43.0 Å². The van der Waals surface area contributed by atoms with Gasteiger partial charge in [0.2, 0.25) is 9.84 Å². The highest BCUT2D eigenvalue weighted by atomic mass is 32.2. The van der Waals surface area contributed by atoms with Gasteiger partial charge in [0.1, 0.15) is 0 Å². The Morgan fingerprint density at radius 3 is 2.43 bits per heavy atom. The number of nitrogens with one attached hydrogen (secondary N) is 1. The Bertz CT molecular complexity index is 1250. The predicted octanol–water partition coefficient (Wildman–Crippen LogP) is 3.32. The molecule has 1 fully saturated rings. The first-order chi connectivity index (χ1) is 16.8. The van der Waals surface area contributed by atoms with Gasteiger partial charge in [-0.1, -0.05) is 43.2 Å². The minimum atomic E-state index is -4.04. The Balaban J connectivity index is 1.61. The van der Waals surface area contributed by atoms with Crippen molar-refractivity contribution < 1.29 is 28.2 Å². The van der Waals surface area contributed by atoms with E-state index in [4.69, 9.17) is 4.74 Å². The maximum absolute atomic E-state index is 13.7. The van der Waals surface area contributed by atoms with E-state index in [1.165, 1.54) is 24.5 Å². The number of benzene rings is 2. The Hall–Kier alpha value is -3.08. The van der Waals surface area contributed by atoms with Crippen molar-refractivity contribution in [3.05, 3.63) is 66.5 Å². The number of sulfone groups is 1. The van der Waals surface area contributed by atoms with Gasteiger partial charge < -0.3 is 20.3 Å². The molecule has 1 aliphatic rings. The van der Waals surface area contributed by atoms with Crippen molar-refractivity contribution >= 4 is 27.0 Å². The third-order valence-corrected chi connectivity index (χ3v) is 8.17. The number of aliphatic hydroxyl groups excluding tert-OH is 1. The smallest absolute Gasteiger partial charge is 0.404 e. The maximum Gasteiger partial charge on any atom is 0.404 e. The van der Waals surface area contributed by atoms with E-state index >= 15 is 0 Å². The topological polar surface area (TPSA) is 139 Å². The molecule has 4 rings (SSSR count). The molecule has 1 unspecified atom stereocenters. The summed E-state index contributed by atoms with van der Waals surface area (Å²) < 4.78 is 33.4. The van der Waals surface area contributed by atoms with Gasteiger partial charge >= 0.3 is 6.09 Å². The predicted molar refractivity (Wildman–Crippen MR) is 130 cm³/mol. The molecular formula is C25H29N3O6S. The van der Waals surface area contributed by atoms with Gasteiger partial charge in [0.05, 0.1) is 34.2 Å². The molecule has 3 aromatic rings. The first kappa shape index (κ1) is 25.0. The second-order valence-corrected chi connectivity index (χ2v) is 10.9. The van der Waals surface area contributed by atoms with Crippen molar-refractivity contribution in [3.8, 4) is 0 Å². The molecule has 2 aromatic carbocycles. The average molecular weight is 500 g/mol. The van der Waals surface area contributed by atoms with Crippen molar-refractivity contribution in [3.63, 3.8) is 0 Å². The van der Waals surface area contributed by atoms with Gasteiger partial charge in [0, 0.05) is 18.8 Å². The van der Waals surface area contributed by atoms with Gasteiger partial charge in [-0.25, -0.2) is 13.2 Å². The molecule has 0 radical (unpaired) electrons. The molecule has 0 spiro atoms. The van der Waals surface area contributed by atoms with E-state index in [0.717, 1.165) is 31.2 Å². The summed E-state index contributed by atoms with van der Waals surface area (Å²) in [6.45, 7) is 0. The van der Waals surface area contributed by atoms with Crippen LogP contribution in [-0.2, 0) is 21.0 Å². The number of rotatable bonds is 10. The average Bonchev–Trinajstić information content (AvgIpc) is 3.36. The first-order valence-electron chi connectivity index (χ1n) is 11.6. The number of aromatic nitrogens is 2. The Morgan fingerprint density at radius 1 is 1.06 bits per heavy atom. The highest BCUT2D eigenvalue weighted by Gasteiger charge is 2.36. The molecule has 3 atom stereocenters. The lowest BCUT2D eigenvalue weighted by Gasteiger charge is -2.28. The molecule has 0 bridgehead atoms. The number of fused-ring (bicyclic) bond motifs is 1. The third kappa shape index (κ3) is 6.33. The van der Waals surface area contributed by atoms with E-state index in [0.29, 0.717) is 11.0 Å². The highest BCUT2D eigenvalue weighted by molar-refractivity contribution is 7.92. The van der Waals surface area contributed by atoms with E-state index in [-0.39, 0.29) is 23.8 Å². The molecule has 186 valence electrons. The number of hydrogen-bond donors (Lipinski definition) is 3. The fourth-order valence-corrected chi connectivity index (χ4v) is 6.03. The van der Waals surface area contributed by atoms with Crippen molar-refractivity contribution in [2.24, 2.45) is 0 Å². The molecular weight excluding hydrogens is 470 g/mol. The van der Waals surface area contributed by atoms with E-state index in [1.807, 2.05) is 30.3 Å². The van der Waals surface area contributed by atoms with Crippen LogP contribution < -0.4 is 5.32 Å². The molecule has 1 aliphatic carbocycles. The molecule has 9 nitrogen and oxygen atoms in total. The van der Waals surface area contributed by atoms with Crippen LogP contribution in [0.5, 0.6) is 0 Å². The molecule has 1 saturated carbocycles. The van der Waals surface area contributed by atoms with Crippen LogP contribution in [0.2, 0.25) is 0 Å². The Labute approximate surface area is 204 Å². The maximum atomic E-state index is 13.7. The minimum Gasteiger partial charge on any atom is -0.465 e. The Morgan fingerprint density at radius 2 is 1.74 bits per heavy atom. The summed E-state index contributed by atoms with van der Waals surface area (Å²) in [4.78, 5) is 19.8. The van der Waals surface area contributed by atoms with E-state index in [1.54, 1.807) is 6.07 Å². The summed E-state index contributed by atoms with van der Waals surface area (Å²) in [6, 6.07) is 12.7. The highest BCUT2D eigenvalue weighted by Crippen LogP contribution is 2.29. The van der Waals surface area contributed by atoms with Gasteiger partial charge in [-0.2, -0.15) is 0 Å². The fourth-order valence-electron chi connectivity index (χ4n) is 4.44. The number of aliphatic hydroxyl groups is 1. The van der Waals surface area contributed by atoms with E-state index in [9.17, 15) is 23.4 Å². The zero-order chi connectivity index (χ0) is 24.8. The number of carboxylic acid groups (broad SMARTS) is 1. The molecule has 35 heavy (non-hydrogen) atoms. The lowest BCUT2D eigenvalue weighted by atomic mass is 9.99. The lowest BCUT2D eigenvalue weighted by molar-refractivity contribution is 0.000421. The van der Waals surface area contributed by atoms with Crippen LogP contribution >= 0.6 is 0 Å². The van der Waals surface area contributed by atoms with Crippen LogP contribution in [0.15, 0.2) is 65.8 Å². The molecule has 0 saturated heterocycles. The Kier molecular flexibility index (Phi) is 7.94. The minimum absolute atomic E-state index is 0.0199. The van der Waals surface area contributed by atoms with Gasteiger partial charge in [0.25, 0.3) is 0 Å². The van der Waals surface area contributed by atoms with Crippen LogP contribution in [0.4, 0.5) is 4.79 Å². The van der Waals surface area contributed by atoms with Crippen LogP contribution in [0.3, 0.4) is 0 Å². The quantitative estimate of drug-likeness (QED) is 0.386. The van der Waals surface area contributed by atoms with E-state index < -0.39 is 33.5 Å². The second kappa shape index (κ2) is 11.1. The molecule has 10 heteroatoms. The van der Waals surface area contributed by atoms with Crippen molar-refractivity contribution in [1.82, 2.24) is 15.3 Å². The second-order valence-electron chi connectivity index (χ2n) is 8.77. The molecule has 0 aliphatic heterocycles. The number of nitrogens with zero attached hydrogens (tertiary/aromatic N) is 2. The van der Waals surface area contributed by atoms with Crippen LogP contribution in [0, 0.1) is 0 Å². The summed E-state index contributed by atoms with van der Waals surface area (Å²) in [5, 5.41) is 22.7. The van der Waals surface area contributed by atoms with Gasteiger partial charge in [-0.3, -0.25) is 9.97 Å². The van der Waals surface area contributed by atoms with Crippen LogP contribution in [0.25, 0.3) is 11.0 Å². The largest absolute Gasteiger partial charge is 0.465 e. The molecule has 1 heterocycles. The van der Waals surface area contributed by atoms with Crippen molar-refractivity contribution in [1.29, 1.82) is 0 Å². The van der Waals surface area contributed by atoms with Gasteiger partial charge in [-0.15, -0.1) is 0 Å². The van der Waals surface area contributed by atoms with Crippen LogP contribution in [0.1, 0.15) is 37.7 Å². The normalized spacial score (nSPS) is 17.2. The van der Waals surface area contributed by atoms with E-state index in [2.05, 4.69) is 15.3 Å². The number of carbonyl (C=O) groups is 1. The number of hydrogen-bond acceptors (Lipinski definition) is 7. The van der Waals surface area contributed by atoms with Gasteiger partial charge in [0.15, 0.2) is 5.44 Å². The zero-order valence-electron chi connectivity index (χ0n) is 19.2. The molecule has 1 amide bonds. The van der Waals surface area contributed by atoms with Crippen molar-refractivity contribution in [2.45, 2.75) is 67.1 Å². The fraction of sp³-hybridized carbons (Fsp3) is 0.400. The summed E-state index contributed by atoms with van der Waals surface area (Å²) in [7, 11) is -4.04. The summed E-state index contributed by atoms with van der Waals surface area (Å²) in [6.07, 6.45) is 3.49. The number of ether oxygens (including phenoxy) is 1. The number of amides is 1. The monoisotopic (exact) mass is 499 g/mol. The first-order valence-corrected chi connectivity index (χ1v) is 13.2. The lowest BCUT2D eigenvalue weighted by Crippen LogP contribution is -2.47. The van der Waals surface area contributed by atoms with Crippen molar-refractivity contribution in [2.75, 3.05) is 0 Å². The summed E-state index contributed by atoms with van der Waals surface area (Å²) >= 11 is 0.